The average molecular weight is 498 g/mol. The molecule has 8 heteroatoms. The number of nitrogens with one attached hydrogen (secondary N) is 1. The summed E-state index contributed by atoms with van der Waals surface area (Å²) < 4.78 is 17.1. The average Bonchev–Trinajstić information content (AvgIpc) is 3.39. The molecule has 0 saturated heterocycles. The molecule has 2 aliphatic carbocycles. The lowest BCUT2D eigenvalue weighted by molar-refractivity contribution is -0.138. The molecule has 2 N–H and O–H groups in total. The molecular formula is C29H28FN5O2. The van der Waals surface area contributed by atoms with Gasteiger partial charge in [0.15, 0.2) is 0 Å². The van der Waals surface area contributed by atoms with Gasteiger partial charge in [-0.25, -0.2) is 9.37 Å². The van der Waals surface area contributed by atoms with Crippen molar-refractivity contribution in [3.8, 4) is 22.4 Å². The van der Waals surface area contributed by atoms with Crippen LogP contribution >= 0.6 is 0 Å². The van der Waals surface area contributed by atoms with Gasteiger partial charge in [-0.05, 0) is 85.2 Å². The number of carboxylic acid groups (broad SMARTS) is 1. The predicted octanol–water partition coefficient (Wildman–Crippen LogP) is 5.59. The molecule has 4 aromatic rings. The van der Waals surface area contributed by atoms with Gasteiger partial charge < -0.3 is 10.4 Å². The van der Waals surface area contributed by atoms with Crippen LogP contribution < -0.4 is 5.32 Å². The second-order valence-corrected chi connectivity index (χ2v) is 10.2. The number of hydrogen-bond acceptors (Lipinski definition) is 5. The summed E-state index contributed by atoms with van der Waals surface area (Å²) >= 11 is 0. The molecule has 2 heterocycles. The Balaban J connectivity index is 1.29. The highest BCUT2D eigenvalue weighted by Crippen LogP contribution is 2.47. The molecule has 3 atom stereocenters. The van der Waals surface area contributed by atoms with E-state index in [2.05, 4.69) is 46.4 Å². The van der Waals surface area contributed by atoms with Gasteiger partial charge >= 0.3 is 5.97 Å². The van der Waals surface area contributed by atoms with E-state index in [4.69, 9.17) is 5.11 Å². The van der Waals surface area contributed by atoms with Gasteiger partial charge in [0.25, 0.3) is 0 Å². The van der Waals surface area contributed by atoms with Crippen LogP contribution in [0.15, 0.2) is 48.9 Å². The summed E-state index contributed by atoms with van der Waals surface area (Å²) in [6.45, 7) is 4.21. The third-order valence-corrected chi connectivity index (χ3v) is 7.74. The maximum absolute atomic E-state index is 15.2. The first-order valence-corrected chi connectivity index (χ1v) is 12.5. The summed E-state index contributed by atoms with van der Waals surface area (Å²) in [6.07, 6.45) is 7.16. The lowest BCUT2D eigenvalue weighted by Gasteiger charge is -2.19. The van der Waals surface area contributed by atoms with Crippen molar-refractivity contribution in [2.75, 3.05) is 5.32 Å². The number of aliphatic carboxylic acids is 1. The first-order valence-electron chi connectivity index (χ1n) is 12.5. The first-order chi connectivity index (χ1) is 17.8. The zero-order chi connectivity index (χ0) is 25.8. The number of carbonyl (C=O) groups is 1. The Morgan fingerprint density at radius 3 is 2.54 bits per heavy atom. The summed E-state index contributed by atoms with van der Waals surface area (Å²) in [5, 5.41) is 16.8. The monoisotopic (exact) mass is 497 g/mol. The SMILES string of the molecule is Cc1cc(-c2ccnn2C)cc(C)c1-c1ccc(F)c2c1CC[C@H]2Nc1cnc([C@H]2C[C@@H]2C(=O)O)cn1. The highest BCUT2D eigenvalue weighted by Gasteiger charge is 2.45. The van der Waals surface area contributed by atoms with Crippen molar-refractivity contribution in [1.29, 1.82) is 0 Å². The second kappa shape index (κ2) is 8.80. The largest absolute Gasteiger partial charge is 0.481 e. The van der Waals surface area contributed by atoms with Crippen LogP contribution in [0.1, 0.15) is 52.7 Å². The minimum absolute atomic E-state index is 0.0676. The predicted molar refractivity (Wildman–Crippen MR) is 139 cm³/mol. The third kappa shape index (κ3) is 4.06. The lowest BCUT2D eigenvalue weighted by Crippen LogP contribution is -2.11. The Morgan fingerprint density at radius 1 is 1.14 bits per heavy atom. The minimum atomic E-state index is -0.792. The smallest absolute Gasteiger partial charge is 0.307 e. The number of rotatable bonds is 6. The topological polar surface area (TPSA) is 92.9 Å². The quantitative estimate of drug-likeness (QED) is 0.361. The molecule has 2 aromatic carbocycles. The summed E-state index contributed by atoms with van der Waals surface area (Å²) in [5.74, 6) is -0.886. The summed E-state index contributed by atoms with van der Waals surface area (Å²) in [7, 11) is 1.94. The molecule has 7 nitrogen and oxygen atoms in total. The summed E-state index contributed by atoms with van der Waals surface area (Å²) in [6, 6.07) is 9.60. The van der Waals surface area contributed by atoms with Gasteiger partial charge in [0.2, 0.25) is 0 Å². The van der Waals surface area contributed by atoms with E-state index in [1.54, 1.807) is 24.7 Å². The van der Waals surface area contributed by atoms with Crippen LogP contribution in [-0.4, -0.2) is 30.8 Å². The van der Waals surface area contributed by atoms with Crippen molar-refractivity contribution >= 4 is 11.8 Å². The lowest BCUT2D eigenvalue weighted by atomic mass is 9.88. The van der Waals surface area contributed by atoms with Crippen LogP contribution in [0.5, 0.6) is 0 Å². The van der Waals surface area contributed by atoms with E-state index in [0.717, 1.165) is 51.9 Å². The Hall–Kier alpha value is -4.07. The normalized spacial score (nSPS) is 20.1. The van der Waals surface area contributed by atoms with E-state index >= 15 is 4.39 Å². The maximum Gasteiger partial charge on any atom is 0.307 e. The molecule has 0 radical (unpaired) electrons. The number of halogens is 1. The van der Waals surface area contributed by atoms with Gasteiger partial charge in [-0.3, -0.25) is 14.5 Å². The fourth-order valence-electron chi connectivity index (χ4n) is 5.86. The summed E-state index contributed by atoms with van der Waals surface area (Å²) in [5.41, 5.74) is 9.07. The van der Waals surface area contributed by atoms with Gasteiger partial charge in [-0.2, -0.15) is 5.10 Å². The van der Waals surface area contributed by atoms with E-state index in [1.165, 1.54) is 0 Å². The minimum Gasteiger partial charge on any atom is -0.481 e. The standard InChI is InChI=1S/C29H28FN5O2/c1-15-10-17(25-8-9-33-35(25)3)11-16(2)27(15)18-4-6-22(30)28-19(18)5-7-23(28)34-26-14-31-24(13-32-26)20-12-21(20)29(36)37/h4,6,8-11,13-14,20-21,23H,5,7,12H2,1-3H3,(H,32,34)(H,36,37)/t20-,21-,23+/m0/s1. The van der Waals surface area contributed by atoms with Crippen molar-refractivity contribution in [3.05, 3.63) is 82.7 Å². The number of fused-ring (bicyclic) bond motifs is 1. The van der Waals surface area contributed by atoms with Crippen LogP contribution in [0, 0.1) is 25.6 Å². The van der Waals surface area contributed by atoms with Crippen LogP contribution in [0.2, 0.25) is 0 Å². The zero-order valence-electron chi connectivity index (χ0n) is 21.0. The van der Waals surface area contributed by atoms with E-state index in [-0.39, 0.29) is 23.7 Å². The Labute approximate surface area is 214 Å². The van der Waals surface area contributed by atoms with Gasteiger partial charge in [0, 0.05) is 30.3 Å². The van der Waals surface area contributed by atoms with E-state index < -0.39 is 5.97 Å². The van der Waals surface area contributed by atoms with Crippen LogP contribution in [-0.2, 0) is 18.3 Å². The molecule has 1 saturated carbocycles. The highest BCUT2D eigenvalue weighted by atomic mass is 19.1. The fourth-order valence-corrected chi connectivity index (χ4v) is 5.86. The number of nitrogens with zero attached hydrogens (tertiary/aromatic N) is 4. The van der Waals surface area contributed by atoms with Crippen LogP contribution in [0.3, 0.4) is 0 Å². The highest BCUT2D eigenvalue weighted by molar-refractivity contribution is 5.79. The molecule has 0 aliphatic heterocycles. The van der Waals surface area contributed by atoms with Gasteiger partial charge in [0.1, 0.15) is 11.6 Å². The van der Waals surface area contributed by atoms with Crippen molar-refractivity contribution in [2.45, 2.75) is 45.1 Å². The summed E-state index contributed by atoms with van der Waals surface area (Å²) in [4.78, 5) is 20.0. The number of carboxylic acids is 1. The number of aryl methyl sites for hydroxylation is 3. The third-order valence-electron chi connectivity index (χ3n) is 7.74. The molecular weight excluding hydrogens is 469 g/mol. The molecule has 0 amide bonds. The second-order valence-electron chi connectivity index (χ2n) is 10.2. The first kappa shape index (κ1) is 23.3. The molecule has 2 aromatic heterocycles. The Bertz CT molecular complexity index is 1510. The molecule has 6 rings (SSSR count). The Morgan fingerprint density at radius 2 is 1.92 bits per heavy atom. The van der Waals surface area contributed by atoms with Crippen molar-refractivity contribution in [3.63, 3.8) is 0 Å². The van der Waals surface area contributed by atoms with E-state index in [9.17, 15) is 4.79 Å². The molecule has 188 valence electrons. The number of anilines is 1. The fraction of sp³-hybridized carbons (Fsp3) is 0.310. The molecule has 37 heavy (non-hydrogen) atoms. The van der Waals surface area contributed by atoms with Crippen molar-refractivity contribution < 1.29 is 14.3 Å². The molecule has 2 aliphatic rings. The number of hydrogen-bond donors (Lipinski definition) is 2. The van der Waals surface area contributed by atoms with Crippen LogP contribution in [0.25, 0.3) is 22.4 Å². The zero-order valence-corrected chi connectivity index (χ0v) is 21.0. The molecule has 0 bridgehead atoms. The van der Waals surface area contributed by atoms with Gasteiger partial charge in [0.05, 0.1) is 35.7 Å². The van der Waals surface area contributed by atoms with Gasteiger partial charge in [-0.15, -0.1) is 0 Å². The Kier molecular flexibility index (Phi) is 5.55. The van der Waals surface area contributed by atoms with E-state index in [0.29, 0.717) is 23.5 Å². The van der Waals surface area contributed by atoms with Crippen molar-refractivity contribution in [1.82, 2.24) is 19.7 Å². The molecule has 0 spiro atoms. The number of benzene rings is 2. The van der Waals surface area contributed by atoms with Crippen LogP contribution in [0.4, 0.5) is 10.2 Å². The van der Waals surface area contributed by atoms with Gasteiger partial charge in [-0.1, -0.05) is 6.07 Å². The maximum atomic E-state index is 15.2. The van der Waals surface area contributed by atoms with Crippen molar-refractivity contribution in [2.24, 2.45) is 13.0 Å². The number of aromatic nitrogens is 4. The molecule has 0 unspecified atom stereocenters. The molecule has 1 fully saturated rings. The van der Waals surface area contributed by atoms with E-state index in [1.807, 2.05) is 23.9 Å².